The summed E-state index contributed by atoms with van der Waals surface area (Å²) < 4.78 is 12.8. The highest BCUT2D eigenvalue weighted by atomic mass is 19.1. The molecular formula is C13H18FN3O. The lowest BCUT2D eigenvalue weighted by molar-refractivity contribution is -0.121. The molecule has 2 rings (SSSR count). The molecule has 0 bridgehead atoms. The van der Waals surface area contributed by atoms with Gasteiger partial charge in [-0.05, 0) is 37.5 Å². The maximum absolute atomic E-state index is 12.8. The molecule has 1 aliphatic rings. The Hall–Kier alpha value is -1.78. The molecule has 18 heavy (non-hydrogen) atoms. The highest BCUT2D eigenvalue weighted by Gasteiger charge is 2.22. The van der Waals surface area contributed by atoms with Crippen molar-refractivity contribution < 1.29 is 9.18 Å². The fourth-order valence-electron chi connectivity index (χ4n) is 1.69. The molecule has 4 nitrogen and oxygen atoms in total. The Kier molecular flexibility index (Phi) is 4.02. The van der Waals surface area contributed by atoms with Crippen molar-refractivity contribution in [2.75, 3.05) is 17.6 Å². The molecule has 0 radical (unpaired) electrons. The van der Waals surface area contributed by atoms with E-state index >= 15 is 0 Å². The third kappa shape index (κ3) is 3.91. The SMILES string of the molecule is Nc1cc(F)ccc1NCCCC(=O)NC1CC1. The number of nitrogens with one attached hydrogen (secondary N) is 2. The van der Waals surface area contributed by atoms with Crippen molar-refractivity contribution in [3.05, 3.63) is 24.0 Å². The number of halogens is 1. The van der Waals surface area contributed by atoms with Gasteiger partial charge in [-0.2, -0.15) is 0 Å². The Morgan fingerprint density at radius 3 is 2.89 bits per heavy atom. The van der Waals surface area contributed by atoms with E-state index in [2.05, 4.69) is 10.6 Å². The summed E-state index contributed by atoms with van der Waals surface area (Å²) in [5, 5.41) is 6.02. The first-order chi connectivity index (χ1) is 8.65. The zero-order chi connectivity index (χ0) is 13.0. The quantitative estimate of drug-likeness (QED) is 0.534. The fourth-order valence-corrected chi connectivity index (χ4v) is 1.69. The van der Waals surface area contributed by atoms with E-state index in [9.17, 15) is 9.18 Å². The van der Waals surface area contributed by atoms with Crippen LogP contribution in [0.15, 0.2) is 18.2 Å². The number of nitrogens with two attached hydrogens (primary N) is 1. The molecule has 0 aromatic heterocycles. The summed E-state index contributed by atoms with van der Waals surface area (Å²) in [7, 11) is 0. The predicted octanol–water partition coefficient (Wildman–Crippen LogP) is 1.88. The van der Waals surface area contributed by atoms with E-state index in [1.165, 1.54) is 12.1 Å². The Bertz CT molecular complexity index is 432. The highest BCUT2D eigenvalue weighted by Crippen LogP contribution is 2.20. The Labute approximate surface area is 106 Å². The van der Waals surface area contributed by atoms with Crippen LogP contribution in [-0.4, -0.2) is 18.5 Å². The Morgan fingerprint density at radius 2 is 2.22 bits per heavy atom. The number of hydrogen-bond donors (Lipinski definition) is 3. The van der Waals surface area contributed by atoms with Gasteiger partial charge in [-0.3, -0.25) is 4.79 Å². The number of carbonyl (C=O) groups is 1. The largest absolute Gasteiger partial charge is 0.397 e. The van der Waals surface area contributed by atoms with E-state index in [1.807, 2.05) is 0 Å². The Balaban J connectivity index is 1.66. The monoisotopic (exact) mass is 251 g/mol. The summed E-state index contributed by atoms with van der Waals surface area (Å²) in [6, 6.07) is 4.66. The molecule has 0 heterocycles. The minimum Gasteiger partial charge on any atom is -0.397 e. The third-order valence-electron chi connectivity index (χ3n) is 2.85. The zero-order valence-electron chi connectivity index (χ0n) is 10.2. The second-order valence-electron chi connectivity index (χ2n) is 4.60. The molecule has 0 aliphatic heterocycles. The molecular weight excluding hydrogens is 233 g/mol. The maximum Gasteiger partial charge on any atom is 0.220 e. The summed E-state index contributed by atoms with van der Waals surface area (Å²) in [5.74, 6) is -0.242. The van der Waals surface area contributed by atoms with Gasteiger partial charge in [-0.15, -0.1) is 0 Å². The molecule has 1 amide bonds. The average molecular weight is 251 g/mol. The van der Waals surface area contributed by atoms with Crippen molar-refractivity contribution >= 4 is 17.3 Å². The number of nitrogen functional groups attached to an aromatic ring is 1. The summed E-state index contributed by atoms with van der Waals surface area (Å²) >= 11 is 0. The first kappa shape index (κ1) is 12.7. The van der Waals surface area contributed by atoms with Gasteiger partial charge in [0.25, 0.3) is 0 Å². The van der Waals surface area contributed by atoms with E-state index in [4.69, 9.17) is 5.73 Å². The molecule has 1 aliphatic carbocycles. The Morgan fingerprint density at radius 1 is 1.44 bits per heavy atom. The number of benzene rings is 1. The van der Waals surface area contributed by atoms with Crippen molar-refractivity contribution in [2.45, 2.75) is 31.7 Å². The normalized spacial score (nSPS) is 14.3. The van der Waals surface area contributed by atoms with Crippen LogP contribution in [0.2, 0.25) is 0 Å². The summed E-state index contributed by atoms with van der Waals surface area (Å²) in [6.45, 7) is 0.647. The van der Waals surface area contributed by atoms with Crippen LogP contribution in [0.3, 0.4) is 0 Å². The van der Waals surface area contributed by atoms with Gasteiger partial charge in [0.2, 0.25) is 5.91 Å². The predicted molar refractivity (Wildman–Crippen MR) is 69.7 cm³/mol. The summed E-state index contributed by atoms with van der Waals surface area (Å²) in [6.07, 6.45) is 3.45. The van der Waals surface area contributed by atoms with Crippen LogP contribution in [0.5, 0.6) is 0 Å². The van der Waals surface area contributed by atoms with Crippen LogP contribution in [0.4, 0.5) is 15.8 Å². The molecule has 4 N–H and O–H groups in total. The maximum atomic E-state index is 12.8. The van der Waals surface area contributed by atoms with Crippen molar-refractivity contribution in [2.24, 2.45) is 0 Å². The van der Waals surface area contributed by atoms with Crippen LogP contribution < -0.4 is 16.4 Å². The molecule has 5 heteroatoms. The van der Waals surface area contributed by atoms with Crippen LogP contribution in [-0.2, 0) is 4.79 Å². The van der Waals surface area contributed by atoms with Gasteiger partial charge in [0.15, 0.2) is 0 Å². The lowest BCUT2D eigenvalue weighted by Gasteiger charge is -2.09. The molecule has 1 aromatic rings. The number of rotatable bonds is 6. The van der Waals surface area contributed by atoms with Gasteiger partial charge in [-0.25, -0.2) is 4.39 Å². The summed E-state index contributed by atoms with van der Waals surface area (Å²) in [5.41, 5.74) is 6.75. The third-order valence-corrected chi connectivity index (χ3v) is 2.85. The van der Waals surface area contributed by atoms with E-state index in [0.29, 0.717) is 30.4 Å². The van der Waals surface area contributed by atoms with Crippen LogP contribution >= 0.6 is 0 Å². The van der Waals surface area contributed by atoms with Crippen molar-refractivity contribution in [3.63, 3.8) is 0 Å². The van der Waals surface area contributed by atoms with E-state index in [-0.39, 0.29) is 11.7 Å². The number of hydrogen-bond acceptors (Lipinski definition) is 3. The van der Waals surface area contributed by atoms with Gasteiger partial charge in [-0.1, -0.05) is 0 Å². The number of carbonyl (C=O) groups excluding carboxylic acids is 1. The standard InChI is InChI=1S/C13H18FN3O/c14-9-3-6-12(11(15)8-9)16-7-1-2-13(18)17-10-4-5-10/h3,6,8,10,16H,1-2,4-5,7,15H2,(H,17,18). The minimum atomic E-state index is -0.345. The molecule has 0 atom stereocenters. The molecule has 1 fully saturated rings. The summed E-state index contributed by atoms with van der Waals surface area (Å²) in [4.78, 5) is 11.4. The second kappa shape index (κ2) is 5.71. The number of amides is 1. The van der Waals surface area contributed by atoms with Crippen molar-refractivity contribution in [1.82, 2.24) is 5.32 Å². The van der Waals surface area contributed by atoms with Gasteiger partial charge in [0.1, 0.15) is 5.82 Å². The highest BCUT2D eigenvalue weighted by molar-refractivity contribution is 5.76. The molecule has 1 saturated carbocycles. The first-order valence-corrected chi connectivity index (χ1v) is 6.23. The van der Waals surface area contributed by atoms with Gasteiger partial charge in [0, 0.05) is 19.0 Å². The first-order valence-electron chi connectivity index (χ1n) is 6.23. The lowest BCUT2D eigenvalue weighted by atomic mass is 10.2. The molecule has 0 saturated heterocycles. The van der Waals surface area contributed by atoms with Gasteiger partial charge < -0.3 is 16.4 Å². The van der Waals surface area contributed by atoms with Gasteiger partial charge in [0.05, 0.1) is 11.4 Å². The second-order valence-corrected chi connectivity index (χ2v) is 4.60. The van der Waals surface area contributed by atoms with Crippen LogP contribution in [0.1, 0.15) is 25.7 Å². The van der Waals surface area contributed by atoms with E-state index in [0.717, 1.165) is 19.3 Å². The molecule has 0 unspecified atom stereocenters. The zero-order valence-corrected chi connectivity index (χ0v) is 10.2. The minimum absolute atomic E-state index is 0.103. The van der Waals surface area contributed by atoms with Crippen LogP contribution in [0, 0.1) is 5.82 Å². The van der Waals surface area contributed by atoms with Crippen LogP contribution in [0.25, 0.3) is 0 Å². The van der Waals surface area contributed by atoms with Crippen molar-refractivity contribution in [1.29, 1.82) is 0 Å². The molecule has 0 spiro atoms. The molecule has 1 aromatic carbocycles. The van der Waals surface area contributed by atoms with Crippen molar-refractivity contribution in [3.8, 4) is 0 Å². The van der Waals surface area contributed by atoms with Gasteiger partial charge >= 0.3 is 0 Å². The van der Waals surface area contributed by atoms with E-state index < -0.39 is 0 Å². The van der Waals surface area contributed by atoms with E-state index in [1.54, 1.807) is 6.07 Å². The smallest absolute Gasteiger partial charge is 0.220 e. The topological polar surface area (TPSA) is 67.1 Å². The number of anilines is 2. The lowest BCUT2D eigenvalue weighted by Crippen LogP contribution is -2.25. The average Bonchev–Trinajstić information content (AvgIpc) is 3.10. The fraction of sp³-hybridized carbons (Fsp3) is 0.462. The molecule has 98 valence electrons.